The summed E-state index contributed by atoms with van der Waals surface area (Å²) in [5.41, 5.74) is 4.62. The highest BCUT2D eigenvalue weighted by Gasteiger charge is 2.11. The van der Waals surface area contributed by atoms with E-state index in [9.17, 15) is 5.11 Å². The highest BCUT2D eigenvalue weighted by Crippen LogP contribution is 2.34. The molecule has 0 aliphatic rings. The summed E-state index contributed by atoms with van der Waals surface area (Å²) in [6.07, 6.45) is 3.10. The quantitative estimate of drug-likeness (QED) is 0.536. The SMILES string of the molecule is Cc1cc2ncnc(Nc3ccc(O)c4ccoc34)c2cc1C. The smallest absolute Gasteiger partial charge is 0.161 e. The minimum absolute atomic E-state index is 0.193. The second kappa shape index (κ2) is 4.98. The number of aromatic hydroxyl groups is 1. The van der Waals surface area contributed by atoms with Crippen LogP contribution in [0.3, 0.4) is 0 Å². The zero-order chi connectivity index (χ0) is 16.0. The standard InChI is InChI=1S/C18H15N3O2/c1-10-7-13-15(8-11(10)2)19-9-20-18(13)21-14-3-4-16(22)12-5-6-23-17(12)14/h3-9,22H,1-2H3,(H,19,20,21). The van der Waals surface area contributed by atoms with Crippen LogP contribution in [0.4, 0.5) is 11.5 Å². The highest BCUT2D eigenvalue weighted by molar-refractivity contribution is 5.98. The van der Waals surface area contributed by atoms with E-state index in [1.165, 1.54) is 11.1 Å². The molecule has 0 amide bonds. The van der Waals surface area contributed by atoms with Gasteiger partial charge in [0.25, 0.3) is 0 Å². The number of nitrogens with one attached hydrogen (secondary N) is 1. The van der Waals surface area contributed by atoms with Crippen molar-refractivity contribution in [2.75, 3.05) is 5.32 Å². The summed E-state index contributed by atoms with van der Waals surface area (Å²) in [4.78, 5) is 8.70. The lowest BCUT2D eigenvalue weighted by Gasteiger charge is -2.10. The third kappa shape index (κ3) is 2.17. The van der Waals surface area contributed by atoms with Crippen molar-refractivity contribution in [3.8, 4) is 5.75 Å². The number of fused-ring (bicyclic) bond motifs is 2. The van der Waals surface area contributed by atoms with E-state index in [4.69, 9.17) is 4.42 Å². The first kappa shape index (κ1) is 13.6. The molecule has 2 aromatic carbocycles. The summed E-state index contributed by atoms with van der Waals surface area (Å²) in [6.45, 7) is 4.13. The van der Waals surface area contributed by atoms with Crippen LogP contribution in [0.5, 0.6) is 5.75 Å². The Hall–Kier alpha value is -3.08. The number of nitrogens with zero attached hydrogens (tertiary/aromatic N) is 2. The van der Waals surface area contributed by atoms with Crippen molar-refractivity contribution in [3.05, 3.63) is 54.0 Å². The average Bonchev–Trinajstić information content (AvgIpc) is 3.02. The van der Waals surface area contributed by atoms with Crippen LogP contribution >= 0.6 is 0 Å². The number of aromatic nitrogens is 2. The van der Waals surface area contributed by atoms with Gasteiger partial charge in [-0.2, -0.15) is 0 Å². The number of hydrogen-bond donors (Lipinski definition) is 2. The Labute approximate surface area is 132 Å². The van der Waals surface area contributed by atoms with E-state index in [-0.39, 0.29) is 5.75 Å². The molecule has 0 unspecified atom stereocenters. The molecule has 0 bridgehead atoms. The summed E-state index contributed by atoms with van der Waals surface area (Å²) in [5.74, 6) is 0.903. The lowest BCUT2D eigenvalue weighted by atomic mass is 10.1. The van der Waals surface area contributed by atoms with Crippen molar-refractivity contribution in [2.24, 2.45) is 0 Å². The summed E-state index contributed by atoms with van der Waals surface area (Å²) in [6, 6.07) is 9.28. The third-order valence-corrected chi connectivity index (χ3v) is 4.10. The van der Waals surface area contributed by atoms with Crippen LogP contribution < -0.4 is 5.32 Å². The Morgan fingerprint density at radius 2 is 1.83 bits per heavy atom. The number of anilines is 2. The van der Waals surface area contributed by atoms with Gasteiger partial charge in [0.05, 0.1) is 22.9 Å². The van der Waals surface area contributed by atoms with Gasteiger partial charge >= 0.3 is 0 Å². The van der Waals surface area contributed by atoms with Crippen molar-refractivity contribution in [2.45, 2.75) is 13.8 Å². The molecule has 0 saturated heterocycles. The summed E-state index contributed by atoms with van der Waals surface area (Å²) < 4.78 is 5.49. The lowest BCUT2D eigenvalue weighted by molar-refractivity contribution is 0.481. The Bertz CT molecular complexity index is 1040. The van der Waals surface area contributed by atoms with Crippen molar-refractivity contribution in [1.82, 2.24) is 9.97 Å². The molecule has 0 aliphatic carbocycles. The molecule has 2 heterocycles. The van der Waals surface area contributed by atoms with Crippen LogP contribution in [0.2, 0.25) is 0 Å². The number of phenolic OH excluding ortho intramolecular Hbond substituents is 1. The largest absolute Gasteiger partial charge is 0.507 e. The topological polar surface area (TPSA) is 71.2 Å². The van der Waals surface area contributed by atoms with Crippen LogP contribution in [0, 0.1) is 13.8 Å². The first-order valence-electron chi connectivity index (χ1n) is 7.31. The fourth-order valence-electron chi connectivity index (χ4n) is 2.69. The van der Waals surface area contributed by atoms with Gasteiger partial charge in [0, 0.05) is 5.39 Å². The maximum Gasteiger partial charge on any atom is 0.161 e. The first-order chi connectivity index (χ1) is 11.1. The van der Waals surface area contributed by atoms with E-state index < -0.39 is 0 Å². The molecule has 2 aromatic heterocycles. The molecular formula is C18H15N3O2. The van der Waals surface area contributed by atoms with E-state index in [2.05, 4.69) is 41.3 Å². The zero-order valence-electron chi connectivity index (χ0n) is 12.8. The van der Waals surface area contributed by atoms with Gasteiger partial charge in [-0.05, 0) is 55.3 Å². The molecule has 0 spiro atoms. The zero-order valence-corrected chi connectivity index (χ0v) is 12.8. The number of phenols is 1. The first-order valence-corrected chi connectivity index (χ1v) is 7.31. The number of aryl methyl sites for hydroxylation is 2. The van der Waals surface area contributed by atoms with E-state index in [1.54, 1.807) is 30.8 Å². The second-order valence-corrected chi connectivity index (χ2v) is 5.60. The molecule has 4 aromatic rings. The number of hydrogen-bond acceptors (Lipinski definition) is 5. The molecule has 0 fully saturated rings. The van der Waals surface area contributed by atoms with Gasteiger partial charge in [-0.15, -0.1) is 0 Å². The summed E-state index contributed by atoms with van der Waals surface area (Å²) >= 11 is 0. The molecule has 114 valence electrons. The van der Waals surface area contributed by atoms with Crippen molar-refractivity contribution in [3.63, 3.8) is 0 Å². The number of benzene rings is 2. The van der Waals surface area contributed by atoms with Crippen molar-refractivity contribution >= 4 is 33.4 Å². The van der Waals surface area contributed by atoms with Gasteiger partial charge in [0.1, 0.15) is 17.9 Å². The van der Waals surface area contributed by atoms with Crippen LogP contribution in [0.25, 0.3) is 21.9 Å². The third-order valence-electron chi connectivity index (χ3n) is 4.10. The van der Waals surface area contributed by atoms with Gasteiger partial charge in [-0.1, -0.05) is 0 Å². The molecule has 5 heteroatoms. The fourth-order valence-corrected chi connectivity index (χ4v) is 2.69. The molecule has 4 rings (SSSR count). The molecular weight excluding hydrogens is 290 g/mol. The Morgan fingerprint density at radius 3 is 2.70 bits per heavy atom. The van der Waals surface area contributed by atoms with Crippen molar-refractivity contribution in [1.29, 1.82) is 0 Å². The van der Waals surface area contributed by atoms with Gasteiger partial charge in [-0.25, -0.2) is 9.97 Å². The van der Waals surface area contributed by atoms with E-state index in [0.717, 1.165) is 16.6 Å². The molecule has 2 N–H and O–H groups in total. The predicted octanol–water partition coefficient (Wildman–Crippen LogP) is 4.44. The van der Waals surface area contributed by atoms with Crippen LogP contribution in [-0.4, -0.2) is 15.1 Å². The van der Waals surface area contributed by atoms with Crippen LogP contribution in [0.15, 0.2) is 47.3 Å². The van der Waals surface area contributed by atoms with Gasteiger partial charge < -0.3 is 14.8 Å². The Balaban J connectivity index is 1.88. The maximum atomic E-state index is 9.88. The predicted molar refractivity (Wildman–Crippen MR) is 90.2 cm³/mol. The van der Waals surface area contributed by atoms with Gasteiger partial charge in [0.2, 0.25) is 0 Å². The Kier molecular flexibility index (Phi) is 2.94. The molecule has 0 atom stereocenters. The molecule has 0 radical (unpaired) electrons. The maximum absolute atomic E-state index is 9.88. The van der Waals surface area contributed by atoms with Gasteiger partial charge in [0.15, 0.2) is 5.58 Å². The molecule has 23 heavy (non-hydrogen) atoms. The van der Waals surface area contributed by atoms with Crippen molar-refractivity contribution < 1.29 is 9.52 Å². The fraction of sp³-hybridized carbons (Fsp3) is 0.111. The normalized spacial score (nSPS) is 11.2. The molecule has 0 saturated carbocycles. The minimum Gasteiger partial charge on any atom is -0.507 e. The average molecular weight is 305 g/mol. The Morgan fingerprint density at radius 1 is 1.00 bits per heavy atom. The lowest BCUT2D eigenvalue weighted by Crippen LogP contribution is -1.97. The highest BCUT2D eigenvalue weighted by atomic mass is 16.3. The van der Waals surface area contributed by atoms with Gasteiger partial charge in [-0.3, -0.25) is 0 Å². The second-order valence-electron chi connectivity index (χ2n) is 5.60. The summed E-state index contributed by atoms with van der Waals surface area (Å²) in [7, 11) is 0. The minimum atomic E-state index is 0.193. The van der Waals surface area contributed by atoms with Crippen LogP contribution in [-0.2, 0) is 0 Å². The van der Waals surface area contributed by atoms with Crippen LogP contribution in [0.1, 0.15) is 11.1 Å². The number of furan rings is 1. The van der Waals surface area contributed by atoms with E-state index >= 15 is 0 Å². The number of rotatable bonds is 2. The summed E-state index contributed by atoms with van der Waals surface area (Å²) in [5, 5.41) is 14.8. The van der Waals surface area contributed by atoms with E-state index in [0.29, 0.717) is 16.8 Å². The monoisotopic (exact) mass is 305 g/mol. The molecule has 5 nitrogen and oxygen atoms in total. The molecule has 0 aliphatic heterocycles. The van der Waals surface area contributed by atoms with E-state index in [1.807, 2.05) is 0 Å².